The summed E-state index contributed by atoms with van der Waals surface area (Å²) in [5.74, 6) is 1.69. The Labute approximate surface area is 153 Å². The molecule has 1 aliphatic rings. The van der Waals surface area contributed by atoms with Crippen LogP contribution >= 0.6 is 11.6 Å². The molecule has 2 aromatic rings. The van der Waals surface area contributed by atoms with E-state index in [1.807, 2.05) is 0 Å². The maximum absolute atomic E-state index is 8.92. The predicted octanol–water partition coefficient (Wildman–Crippen LogP) is 3.02. The zero-order valence-corrected chi connectivity index (χ0v) is 15.5. The second kappa shape index (κ2) is 6.85. The predicted molar refractivity (Wildman–Crippen MR) is 99.1 cm³/mol. The lowest BCUT2D eigenvalue weighted by Gasteiger charge is -2.36. The molecule has 0 radical (unpaired) electrons. The summed E-state index contributed by atoms with van der Waals surface area (Å²) in [6.07, 6.45) is 3.20. The zero-order valence-electron chi connectivity index (χ0n) is 14.7. The highest BCUT2D eigenvalue weighted by atomic mass is 35.5. The van der Waals surface area contributed by atoms with Crippen LogP contribution in [0.15, 0.2) is 24.7 Å². The molecule has 0 unspecified atom stereocenters. The van der Waals surface area contributed by atoms with Crippen molar-refractivity contribution < 1.29 is 0 Å². The lowest BCUT2D eigenvalue weighted by molar-refractivity contribution is 0.564. The molecule has 0 atom stereocenters. The maximum Gasteiger partial charge on any atom is 0.147 e. The Kier molecular flexibility index (Phi) is 4.78. The fourth-order valence-electron chi connectivity index (χ4n) is 2.80. The number of nitrogens with zero attached hydrogens (tertiary/aromatic N) is 6. The molecule has 1 saturated heterocycles. The second-order valence-corrected chi connectivity index (χ2v) is 7.53. The Morgan fingerprint density at radius 1 is 1.04 bits per heavy atom. The van der Waals surface area contributed by atoms with Crippen LogP contribution in [0.4, 0.5) is 11.6 Å². The van der Waals surface area contributed by atoms with Gasteiger partial charge in [0.15, 0.2) is 0 Å². The molecule has 0 saturated carbocycles. The molecule has 1 aliphatic heterocycles. The second-order valence-electron chi connectivity index (χ2n) is 7.13. The molecular weight excluding hydrogens is 336 g/mol. The highest BCUT2D eigenvalue weighted by Gasteiger charge is 2.23. The van der Waals surface area contributed by atoms with Gasteiger partial charge in [0.1, 0.15) is 24.0 Å². The maximum atomic E-state index is 8.92. The lowest BCUT2D eigenvalue weighted by Crippen LogP contribution is -2.47. The van der Waals surface area contributed by atoms with Crippen LogP contribution in [-0.2, 0) is 5.41 Å². The number of rotatable bonds is 2. The summed E-state index contributed by atoms with van der Waals surface area (Å²) in [6, 6.07) is 5.79. The smallest absolute Gasteiger partial charge is 0.147 e. The van der Waals surface area contributed by atoms with Gasteiger partial charge in [0.25, 0.3) is 0 Å². The summed E-state index contributed by atoms with van der Waals surface area (Å²) >= 11 is 6.28. The van der Waals surface area contributed by atoms with Gasteiger partial charge >= 0.3 is 0 Å². The summed E-state index contributed by atoms with van der Waals surface area (Å²) in [6.45, 7) is 9.71. The first-order chi connectivity index (χ1) is 11.9. The highest BCUT2D eigenvalue weighted by Crippen LogP contribution is 2.27. The van der Waals surface area contributed by atoms with Crippen LogP contribution in [0.2, 0.25) is 5.02 Å². The van der Waals surface area contributed by atoms with Crippen LogP contribution in [0, 0.1) is 11.3 Å². The van der Waals surface area contributed by atoms with Gasteiger partial charge in [-0.05, 0) is 6.07 Å². The number of aromatic nitrogens is 3. The molecule has 0 N–H and O–H groups in total. The van der Waals surface area contributed by atoms with E-state index in [0.29, 0.717) is 10.6 Å². The van der Waals surface area contributed by atoms with Gasteiger partial charge in [0.2, 0.25) is 0 Å². The van der Waals surface area contributed by atoms with Gasteiger partial charge in [-0.2, -0.15) is 5.26 Å². The van der Waals surface area contributed by atoms with Crippen LogP contribution in [-0.4, -0.2) is 41.1 Å². The van der Waals surface area contributed by atoms with Crippen LogP contribution in [0.5, 0.6) is 0 Å². The number of nitriles is 1. The number of hydrogen-bond acceptors (Lipinski definition) is 6. The SMILES string of the molecule is CC(C)(C)c1cc(N2CCN(c3ncc(C#N)cc3Cl)CC2)ncn1. The molecule has 3 rings (SSSR count). The van der Waals surface area contributed by atoms with E-state index in [1.165, 1.54) is 0 Å². The summed E-state index contributed by atoms with van der Waals surface area (Å²) in [5.41, 5.74) is 1.51. The van der Waals surface area contributed by atoms with Gasteiger partial charge < -0.3 is 9.80 Å². The van der Waals surface area contributed by atoms with E-state index in [4.69, 9.17) is 16.9 Å². The quantitative estimate of drug-likeness (QED) is 0.823. The van der Waals surface area contributed by atoms with Crippen molar-refractivity contribution in [1.29, 1.82) is 5.26 Å². The molecule has 3 heterocycles. The summed E-state index contributed by atoms with van der Waals surface area (Å²) in [5, 5.41) is 9.44. The van der Waals surface area contributed by atoms with Crippen LogP contribution < -0.4 is 9.80 Å². The molecule has 7 heteroatoms. The third-order valence-corrected chi connectivity index (χ3v) is 4.55. The molecular formula is C18H21ClN6. The van der Waals surface area contributed by atoms with E-state index in [1.54, 1.807) is 18.6 Å². The van der Waals surface area contributed by atoms with E-state index >= 15 is 0 Å². The average molecular weight is 357 g/mol. The summed E-state index contributed by atoms with van der Waals surface area (Å²) < 4.78 is 0. The first-order valence-electron chi connectivity index (χ1n) is 8.26. The molecule has 25 heavy (non-hydrogen) atoms. The van der Waals surface area contributed by atoms with Crippen molar-refractivity contribution in [3.8, 4) is 6.07 Å². The number of piperazine rings is 1. The summed E-state index contributed by atoms with van der Waals surface area (Å²) in [7, 11) is 0. The van der Waals surface area contributed by atoms with Crippen LogP contribution in [0.3, 0.4) is 0 Å². The van der Waals surface area contributed by atoms with Crippen molar-refractivity contribution in [3.05, 3.63) is 40.9 Å². The molecule has 0 aliphatic carbocycles. The monoisotopic (exact) mass is 356 g/mol. The fraction of sp³-hybridized carbons (Fsp3) is 0.444. The van der Waals surface area contributed by atoms with Gasteiger partial charge in [-0.25, -0.2) is 15.0 Å². The van der Waals surface area contributed by atoms with E-state index in [9.17, 15) is 0 Å². The van der Waals surface area contributed by atoms with Crippen LogP contribution in [0.25, 0.3) is 0 Å². The largest absolute Gasteiger partial charge is 0.353 e. The van der Waals surface area contributed by atoms with Crippen molar-refractivity contribution in [2.45, 2.75) is 26.2 Å². The topological polar surface area (TPSA) is 68.9 Å². The van der Waals surface area contributed by atoms with E-state index in [2.05, 4.69) is 57.7 Å². The van der Waals surface area contributed by atoms with Gasteiger partial charge in [-0.1, -0.05) is 32.4 Å². The average Bonchev–Trinajstić information content (AvgIpc) is 2.61. The minimum atomic E-state index is -0.000550. The first kappa shape index (κ1) is 17.4. The van der Waals surface area contributed by atoms with Gasteiger partial charge in [0.05, 0.1) is 16.3 Å². The van der Waals surface area contributed by atoms with Crippen LogP contribution in [0.1, 0.15) is 32.0 Å². The Hall–Kier alpha value is -2.39. The number of pyridine rings is 1. The molecule has 2 aromatic heterocycles. The molecule has 130 valence electrons. The molecule has 0 aromatic carbocycles. The summed E-state index contributed by atoms with van der Waals surface area (Å²) in [4.78, 5) is 17.6. The Balaban J connectivity index is 1.71. The Morgan fingerprint density at radius 3 is 2.32 bits per heavy atom. The fourth-order valence-corrected chi connectivity index (χ4v) is 3.09. The van der Waals surface area contributed by atoms with Crippen molar-refractivity contribution in [2.75, 3.05) is 36.0 Å². The third-order valence-electron chi connectivity index (χ3n) is 4.28. The zero-order chi connectivity index (χ0) is 18.0. The van der Waals surface area contributed by atoms with Crippen molar-refractivity contribution >= 4 is 23.2 Å². The molecule has 0 amide bonds. The first-order valence-corrected chi connectivity index (χ1v) is 8.64. The molecule has 6 nitrogen and oxygen atoms in total. The molecule has 0 spiro atoms. The normalized spacial score (nSPS) is 15.2. The lowest BCUT2D eigenvalue weighted by atomic mass is 9.92. The van der Waals surface area contributed by atoms with Crippen molar-refractivity contribution in [2.24, 2.45) is 0 Å². The minimum Gasteiger partial charge on any atom is -0.353 e. The van der Waals surface area contributed by atoms with Gasteiger partial charge in [-0.3, -0.25) is 0 Å². The molecule has 0 bridgehead atoms. The van der Waals surface area contributed by atoms with E-state index < -0.39 is 0 Å². The number of anilines is 2. The highest BCUT2D eigenvalue weighted by molar-refractivity contribution is 6.33. The molecule has 1 fully saturated rings. The third kappa shape index (κ3) is 3.83. The standard InChI is InChI=1S/C18H21ClN6/c1-18(2,3)15-9-16(23-12-22-15)24-4-6-25(7-5-24)17-14(19)8-13(10-20)11-21-17/h8-9,11-12H,4-7H2,1-3H3. The van der Waals surface area contributed by atoms with Gasteiger partial charge in [-0.15, -0.1) is 0 Å². The van der Waals surface area contributed by atoms with E-state index in [-0.39, 0.29) is 5.41 Å². The van der Waals surface area contributed by atoms with E-state index in [0.717, 1.165) is 43.5 Å². The Bertz CT molecular complexity index is 800. The van der Waals surface area contributed by atoms with Crippen molar-refractivity contribution in [1.82, 2.24) is 15.0 Å². The number of hydrogen-bond donors (Lipinski definition) is 0. The minimum absolute atomic E-state index is 0.000550. The van der Waals surface area contributed by atoms with Crippen molar-refractivity contribution in [3.63, 3.8) is 0 Å². The van der Waals surface area contributed by atoms with Gasteiger partial charge in [0, 0.05) is 43.9 Å². The number of halogens is 1. The Morgan fingerprint density at radius 2 is 1.72 bits per heavy atom.